The van der Waals surface area contributed by atoms with Crippen LogP contribution < -0.4 is 5.32 Å². The van der Waals surface area contributed by atoms with E-state index in [1.54, 1.807) is 6.92 Å². The first-order valence-corrected chi connectivity index (χ1v) is 10.0. The molecule has 1 saturated heterocycles. The lowest BCUT2D eigenvalue weighted by Crippen LogP contribution is -2.49. The molecule has 0 spiro atoms. The standard InChI is InChI=1S/C18H19N3O7S/c1-10(22)19-11(2)29(27)15-7-14-8-16(23)20(14)17(15)18(24)28-9-12-3-5-13(6-4-12)21(25)26/h3-6,11,14H,7-9H2,1-2H3,(H,19,22). The molecule has 1 N–H and O–H groups in total. The van der Waals surface area contributed by atoms with Crippen molar-refractivity contribution in [3.05, 3.63) is 50.5 Å². The molecule has 2 aliphatic heterocycles. The minimum absolute atomic E-state index is 0.0382. The number of β-lactam (4-membered cyclic amide) rings is 1. The quantitative estimate of drug-likeness (QED) is 0.301. The summed E-state index contributed by atoms with van der Waals surface area (Å²) in [6.07, 6.45) is 0.540. The van der Waals surface area contributed by atoms with Gasteiger partial charge in [-0.2, -0.15) is 0 Å². The molecule has 11 heteroatoms. The molecular weight excluding hydrogens is 402 g/mol. The van der Waals surface area contributed by atoms with Crippen molar-refractivity contribution in [3.8, 4) is 0 Å². The molecule has 2 aliphatic rings. The van der Waals surface area contributed by atoms with Gasteiger partial charge in [0, 0.05) is 31.9 Å². The fourth-order valence-corrected chi connectivity index (χ4v) is 4.70. The van der Waals surface area contributed by atoms with Crippen LogP contribution in [0.5, 0.6) is 0 Å². The van der Waals surface area contributed by atoms with Crippen LogP contribution in [-0.2, 0) is 36.5 Å². The highest BCUT2D eigenvalue weighted by Gasteiger charge is 2.49. The third-order valence-corrected chi connectivity index (χ3v) is 6.26. The normalized spacial score (nSPS) is 19.9. The van der Waals surface area contributed by atoms with E-state index in [2.05, 4.69) is 5.32 Å². The lowest BCUT2D eigenvalue weighted by Gasteiger charge is -2.35. The molecule has 3 unspecified atom stereocenters. The van der Waals surface area contributed by atoms with E-state index in [4.69, 9.17) is 4.74 Å². The number of carbonyl (C=O) groups is 3. The van der Waals surface area contributed by atoms with Gasteiger partial charge in [-0.15, -0.1) is 0 Å². The fourth-order valence-electron chi connectivity index (χ4n) is 3.27. The molecule has 10 nitrogen and oxygen atoms in total. The highest BCUT2D eigenvalue weighted by atomic mass is 32.2. The van der Waals surface area contributed by atoms with E-state index in [1.807, 2.05) is 0 Å². The number of amides is 2. The van der Waals surface area contributed by atoms with E-state index in [0.29, 0.717) is 5.56 Å². The minimum atomic E-state index is -1.71. The Bertz CT molecular complexity index is 941. The van der Waals surface area contributed by atoms with Crippen molar-refractivity contribution in [2.24, 2.45) is 0 Å². The number of hydrogen-bond acceptors (Lipinski definition) is 7. The van der Waals surface area contributed by atoms with Crippen molar-refractivity contribution in [2.45, 2.75) is 44.7 Å². The number of rotatable bonds is 7. The van der Waals surface area contributed by atoms with E-state index in [1.165, 1.54) is 36.1 Å². The Morgan fingerprint density at radius 3 is 2.55 bits per heavy atom. The number of nitrogens with one attached hydrogen (secondary N) is 1. The molecular formula is C18H19N3O7S. The highest BCUT2D eigenvalue weighted by Crippen LogP contribution is 2.40. The predicted molar refractivity (Wildman–Crippen MR) is 101 cm³/mol. The fraction of sp³-hybridized carbons (Fsp3) is 0.389. The maximum Gasteiger partial charge on any atom is 0.356 e. The second-order valence-electron chi connectivity index (χ2n) is 6.74. The van der Waals surface area contributed by atoms with Gasteiger partial charge in [-0.1, -0.05) is 0 Å². The number of esters is 1. The van der Waals surface area contributed by atoms with Crippen LogP contribution in [0.15, 0.2) is 34.9 Å². The number of nitro benzene ring substituents is 1. The molecule has 0 aromatic heterocycles. The van der Waals surface area contributed by atoms with Crippen LogP contribution in [0.4, 0.5) is 5.69 Å². The van der Waals surface area contributed by atoms with E-state index in [-0.39, 0.29) is 53.6 Å². The van der Waals surface area contributed by atoms with Gasteiger partial charge in [0.2, 0.25) is 11.8 Å². The van der Waals surface area contributed by atoms with Crippen LogP contribution in [0, 0.1) is 10.1 Å². The summed E-state index contributed by atoms with van der Waals surface area (Å²) in [6.45, 7) is 2.70. The first kappa shape index (κ1) is 20.6. The van der Waals surface area contributed by atoms with E-state index < -0.39 is 27.1 Å². The van der Waals surface area contributed by atoms with E-state index in [9.17, 15) is 28.7 Å². The van der Waals surface area contributed by atoms with Crippen molar-refractivity contribution < 1.29 is 28.3 Å². The molecule has 3 rings (SSSR count). The Balaban J connectivity index is 1.77. The first-order valence-electron chi connectivity index (χ1n) is 8.82. The molecule has 1 aromatic rings. The van der Waals surface area contributed by atoms with Gasteiger partial charge in [0.15, 0.2) is 0 Å². The van der Waals surface area contributed by atoms with Gasteiger partial charge in [-0.3, -0.25) is 23.9 Å². The predicted octanol–water partition coefficient (Wildman–Crippen LogP) is 1.08. The lowest BCUT2D eigenvalue weighted by molar-refractivity contribution is -0.384. The van der Waals surface area contributed by atoms with Gasteiger partial charge in [0.05, 0.1) is 26.7 Å². The number of ether oxygens (including phenoxy) is 1. The third kappa shape index (κ3) is 4.19. The van der Waals surface area contributed by atoms with Gasteiger partial charge in [0.25, 0.3) is 5.69 Å². The smallest absolute Gasteiger partial charge is 0.356 e. The number of nitro groups is 1. The Kier molecular flexibility index (Phi) is 5.78. The zero-order chi connectivity index (χ0) is 21.3. The summed E-state index contributed by atoms with van der Waals surface area (Å²) in [5, 5.41) is 12.5. The van der Waals surface area contributed by atoms with E-state index >= 15 is 0 Å². The molecule has 0 bridgehead atoms. The monoisotopic (exact) mass is 421 g/mol. The van der Waals surface area contributed by atoms with Gasteiger partial charge < -0.3 is 15.0 Å². The second-order valence-corrected chi connectivity index (χ2v) is 8.53. The Hall–Kier alpha value is -3.08. The zero-order valence-corrected chi connectivity index (χ0v) is 16.6. The van der Waals surface area contributed by atoms with Crippen molar-refractivity contribution in [2.75, 3.05) is 0 Å². The number of fused-ring (bicyclic) bond motifs is 1. The van der Waals surface area contributed by atoms with Crippen molar-refractivity contribution in [1.29, 1.82) is 0 Å². The highest BCUT2D eigenvalue weighted by molar-refractivity contribution is 7.89. The zero-order valence-electron chi connectivity index (χ0n) is 15.7. The van der Waals surface area contributed by atoms with Gasteiger partial charge in [-0.25, -0.2) is 4.79 Å². The molecule has 3 atom stereocenters. The third-order valence-electron chi connectivity index (χ3n) is 4.65. The summed E-state index contributed by atoms with van der Waals surface area (Å²) in [5.74, 6) is -1.40. The van der Waals surface area contributed by atoms with Crippen LogP contribution in [0.2, 0.25) is 0 Å². The first-order chi connectivity index (χ1) is 13.7. The minimum Gasteiger partial charge on any atom is -0.456 e. The SMILES string of the molecule is CC(=O)NC(C)S(=O)C1=C(C(=O)OCc2ccc([N+](=O)[O-])cc2)N2C(=O)CC2C1. The molecule has 0 aliphatic carbocycles. The molecule has 154 valence electrons. The van der Waals surface area contributed by atoms with Crippen molar-refractivity contribution in [1.82, 2.24) is 10.2 Å². The average Bonchev–Trinajstić information content (AvgIpc) is 2.98. The van der Waals surface area contributed by atoms with Crippen LogP contribution in [-0.4, -0.2) is 43.2 Å². The second kappa shape index (κ2) is 8.11. The number of non-ortho nitro benzene ring substituents is 1. The topological polar surface area (TPSA) is 136 Å². The number of hydrogen-bond donors (Lipinski definition) is 1. The molecule has 1 aromatic carbocycles. The molecule has 2 heterocycles. The van der Waals surface area contributed by atoms with Crippen LogP contribution in [0.3, 0.4) is 0 Å². The molecule has 0 saturated carbocycles. The Morgan fingerprint density at radius 2 is 2.00 bits per heavy atom. The molecule has 29 heavy (non-hydrogen) atoms. The summed E-state index contributed by atoms with van der Waals surface area (Å²) in [6, 6.07) is 5.28. The average molecular weight is 421 g/mol. The summed E-state index contributed by atoms with van der Waals surface area (Å²) in [7, 11) is -1.71. The molecule has 1 fully saturated rings. The summed E-state index contributed by atoms with van der Waals surface area (Å²) in [4.78, 5) is 47.6. The van der Waals surface area contributed by atoms with Crippen molar-refractivity contribution in [3.63, 3.8) is 0 Å². The maximum absolute atomic E-state index is 12.8. The number of nitrogens with zero attached hydrogens (tertiary/aromatic N) is 2. The van der Waals surface area contributed by atoms with E-state index in [0.717, 1.165) is 0 Å². The van der Waals surface area contributed by atoms with Gasteiger partial charge >= 0.3 is 5.97 Å². The van der Waals surface area contributed by atoms with Gasteiger partial charge in [-0.05, 0) is 24.6 Å². The summed E-state index contributed by atoms with van der Waals surface area (Å²) in [5.41, 5.74) is 0.407. The summed E-state index contributed by atoms with van der Waals surface area (Å²) >= 11 is 0. The number of carbonyl (C=O) groups excluding carboxylic acids is 3. The van der Waals surface area contributed by atoms with Crippen LogP contribution in [0.1, 0.15) is 32.3 Å². The molecule has 2 amide bonds. The van der Waals surface area contributed by atoms with Crippen molar-refractivity contribution >= 4 is 34.3 Å². The summed E-state index contributed by atoms with van der Waals surface area (Å²) < 4.78 is 18.1. The Morgan fingerprint density at radius 1 is 1.34 bits per heavy atom. The van der Waals surface area contributed by atoms with Crippen LogP contribution >= 0.6 is 0 Å². The Labute approximate surface area is 168 Å². The maximum atomic E-state index is 12.8. The van der Waals surface area contributed by atoms with Crippen LogP contribution in [0.25, 0.3) is 0 Å². The largest absolute Gasteiger partial charge is 0.456 e. The number of benzene rings is 1. The lowest BCUT2D eigenvalue weighted by atomic mass is 10.0. The van der Waals surface area contributed by atoms with Gasteiger partial charge in [0.1, 0.15) is 17.7 Å². The molecule has 0 radical (unpaired) electrons.